The van der Waals surface area contributed by atoms with Crippen LogP contribution in [0, 0.1) is 0 Å². The average molecular weight is 331 g/mol. The van der Waals surface area contributed by atoms with E-state index in [2.05, 4.69) is 15.0 Å². The molecule has 128 valence electrons. The Morgan fingerprint density at radius 2 is 2.04 bits per heavy atom. The molecular weight excluding hydrogens is 310 g/mol. The quantitative estimate of drug-likeness (QED) is 0.756. The highest BCUT2D eigenvalue weighted by molar-refractivity contribution is 5.93. The molecule has 7 nitrogen and oxygen atoms in total. The highest BCUT2D eigenvalue weighted by Gasteiger charge is 2.17. The van der Waals surface area contributed by atoms with Crippen LogP contribution < -0.4 is 5.32 Å². The number of hydrogen-bond donors (Lipinski definition) is 1. The monoisotopic (exact) mass is 331 g/mol. The van der Waals surface area contributed by atoms with Gasteiger partial charge in [-0.15, -0.1) is 0 Å². The summed E-state index contributed by atoms with van der Waals surface area (Å²) in [6.45, 7) is 0.675. The molecule has 0 aliphatic rings. The molecule has 0 radical (unpaired) electrons. The summed E-state index contributed by atoms with van der Waals surface area (Å²) < 4.78 is 9.67. The van der Waals surface area contributed by atoms with E-state index in [0.717, 1.165) is 5.56 Å². The van der Waals surface area contributed by atoms with Crippen molar-refractivity contribution >= 4 is 17.6 Å². The smallest absolute Gasteiger partial charge is 0.245 e. The molecule has 1 aromatic carbocycles. The van der Waals surface area contributed by atoms with Crippen molar-refractivity contribution in [1.29, 1.82) is 0 Å². The van der Waals surface area contributed by atoms with Gasteiger partial charge >= 0.3 is 0 Å². The molecule has 0 saturated heterocycles. The van der Waals surface area contributed by atoms with Crippen LogP contribution in [0.4, 0.5) is 5.82 Å². The molecule has 2 aromatic rings. The predicted molar refractivity (Wildman–Crippen MR) is 88.4 cm³/mol. The van der Waals surface area contributed by atoms with E-state index in [1.54, 1.807) is 7.11 Å². The summed E-state index contributed by atoms with van der Waals surface area (Å²) in [7, 11) is 1.56. The molecule has 0 unspecified atom stereocenters. The van der Waals surface area contributed by atoms with Gasteiger partial charge in [0.15, 0.2) is 5.82 Å². The first-order chi connectivity index (χ1) is 11.7. The van der Waals surface area contributed by atoms with Crippen molar-refractivity contribution in [2.75, 3.05) is 32.1 Å². The largest absolute Gasteiger partial charge is 0.383 e. The summed E-state index contributed by atoms with van der Waals surface area (Å²) in [4.78, 5) is 25.9. The fourth-order valence-electron chi connectivity index (χ4n) is 2.18. The summed E-state index contributed by atoms with van der Waals surface area (Å²) in [5.41, 5.74) is 1.09. The van der Waals surface area contributed by atoms with E-state index >= 15 is 0 Å². The summed E-state index contributed by atoms with van der Waals surface area (Å²) >= 11 is 0. The van der Waals surface area contributed by atoms with Crippen molar-refractivity contribution in [3.63, 3.8) is 0 Å². The van der Waals surface area contributed by atoms with Crippen LogP contribution in [0.2, 0.25) is 0 Å². The first kappa shape index (κ1) is 17.7. The van der Waals surface area contributed by atoms with Gasteiger partial charge in [0.2, 0.25) is 11.8 Å². The molecule has 2 amide bonds. The number of anilines is 1. The Balaban J connectivity index is 1.88. The van der Waals surface area contributed by atoms with Gasteiger partial charge in [-0.05, 0) is 12.0 Å². The fraction of sp³-hybridized carbons (Fsp3) is 0.353. The van der Waals surface area contributed by atoms with Gasteiger partial charge in [0, 0.05) is 26.1 Å². The number of aryl methyl sites for hydroxylation is 1. The minimum atomic E-state index is -0.326. The third-order valence-corrected chi connectivity index (χ3v) is 3.43. The number of aromatic nitrogens is 1. The van der Waals surface area contributed by atoms with Gasteiger partial charge < -0.3 is 19.5 Å². The number of hydrogen-bond acceptors (Lipinski definition) is 5. The van der Waals surface area contributed by atoms with E-state index in [4.69, 9.17) is 4.74 Å². The fourth-order valence-corrected chi connectivity index (χ4v) is 2.18. The van der Waals surface area contributed by atoms with Crippen molar-refractivity contribution < 1.29 is 18.8 Å². The van der Waals surface area contributed by atoms with E-state index in [9.17, 15) is 9.59 Å². The number of nitrogens with zero attached hydrogens (tertiary/aromatic N) is 2. The summed E-state index contributed by atoms with van der Waals surface area (Å²) in [5, 5.41) is 6.19. The molecule has 1 aromatic heterocycles. The normalized spacial score (nSPS) is 10.4. The van der Waals surface area contributed by atoms with Crippen molar-refractivity contribution in [3.8, 4) is 0 Å². The molecule has 24 heavy (non-hydrogen) atoms. The maximum Gasteiger partial charge on any atom is 0.245 e. The molecule has 0 atom stereocenters. The SMILES string of the molecule is COCCN(CC(=O)Nc1ccon1)C(=O)CCc1ccccc1. The standard InChI is InChI=1S/C17H21N3O4/c1-23-12-10-20(13-16(21)18-15-9-11-24-19-15)17(22)8-7-14-5-3-2-4-6-14/h2-6,9,11H,7-8,10,12-13H2,1H3,(H,18,19,21). The number of amides is 2. The van der Waals surface area contributed by atoms with E-state index < -0.39 is 0 Å². The highest BCUT2D eigenvalue weighted by atomic mass is 16.5. The maximum absolute atomic E-state index is 12.4. The number of nitrogens with one attached hydrogen (secondary N) is 1. The lowest BCUT2D eigenvalue weighted by Crippen LogP contribution is -2.40. The van der Waals surface area contributed by atoms with E-state index in [0.29, 0.717) is 31.8 Å². The average Bonchev–Trinajstić information content (AvgIpc) is 3.10. The van der Waals surface area contributed by atoms with E-state index in [-0.39, 0.29) is 18.4 Å². The van der Waals surface area contributed by atoms with Gasteiger partial charge in [-0.2, -0.15) is 0 Å². The Labute approximate surface area is 140 Å². The number of benzene rings is 1. The molecule has 2 rings (SSSR count). The third-order valence-electron chi connectivity index (χ3n) is 3.43. The summed E-state index contributed by atoms with van der Waals surface area (Å²) in [6, 6.07) is 11.3. The van der Waals surface area contributed by atoms with Crippen LogP contribution in [-0.2, 0) is 20.7 Å². The molecular formula is C17H21N3O4. The van der Waals surface area contributed by atoms with Crippen molar-refractivity contribution in [2.24, 2.45) is 0 Å². The summed E-state index contributed by atoms with van der Waals surface area (Å²) in [5.74, 6) is -0.0947. The second-order valence-electron chi connectivity index (χ2n) is 5.23. The second kappa shape index (κ2) is 9.46. The van der Waals surface area contributed by atoms with Crippen LogP contribution in [0.1, 0.15) is 12.0 Å². The Kier molecular flexibility index (Phi) is 6.97. The number of carbonyl (C=O) groups is 2. The molecule has 0 fully saturated rings. The number of methoxy groups -OCH3 is 1. The first-order valence-corrected chi connectivity index (χ1v) is 7.70. The van der Waals surface area contributed by atoms with Gasteiger partial charge in [0.25, 0.3) is 0 Å². The van der Waals surface area contributed by atoms with Crippen LogP contribution in [0.25, 0.3) is 0 Å². The topological polar surface area (TPSA) is 84.7 Å². The minimum Gasteiger partial charge on any atom is -0.383 e. The Bertz CT molecular complexity index is 629. The zero-order valence-corrected chi connectivity index (χ0v) is 13.6. The van der Waals surface area contributed by atoms with Crippen LogP contribution in [-0.4, -0.2) is 48.7 Å². The van der Waals surface area contributed by atoms with E-state index in [1.807, 2.05) is 30.3 Å². The number of ether oxygens (including phenoxy) is 1. The number of rotatable bonds is 9. The Morgan fingerprint density at radius 3 is 2.71 bits per heavy atom. The van der Waals surface area contributed by atoms with Gasteiger partial charge in [0.05, 0.1) is 13.2 Å². The molecule has 1 N–H and O–H groups in total. The maximum atomic E-state index is 12.4. The lowest BCUT2D eigenvalue weighted by Gasteiger charge is -2.21. The molecule has 0 bridgehead atoms. The van der Waals surface area contributed by atoms with Gasteiger partial charge in [0.1, 0.15) is 6.26 Å². The molecule has 0 aliphatic heterocycles. The highest BCUT2D eigenvalue weighted by Crippen LogP contribution is 2.06. The van der Waals surface area contributed by atoms with Gasteiger partial charge in [-0.1, -0.05) is 35.5 Å². The van der Waals surface area contributed by atoms with Crippen LogP contribution >= 0.6 is 0 Å². The zero-order chi connectivity index (χ0) is 17.2. The Hall–Kier alpha value is -2.67. The molecule has 0 saturated carbocycles. The van der Waals surface area contributed by atoms with Crippen molar-refractivity contribution in [2.45, 2.75) is 12.8 Å². The molecule has 0 spiro atoms. The second-order valence-corrected chi connectivity index (χ2v) is 5.23. The van der Waals surface area contributed by atoms with Gasteiger partial charge in [-0.25, -0.2) is 0 Å². The van der Waals surface area contributed by atoms with Crippen LogP contribution in [0.5, 0.6) is 0 Å². The zero-order valence-electron chi connectivity index (χ0n) is 13.6. The van der Waals surface area contributed by atoms with Crippen LogP contribution in [0.3, 0.4) is 0 Å². The van der Waals surface area contributed by atoms with Crippen LogP contribution in [0.15, 0.2) is 47.2 Å². The summed E-state index contributed by atoms with van der Waals surface area (Å²) in [6.07, 6.45) is 2.34. The molecule has 7 heteroatoms. The Morgan fingerprint density at radius 1 is 1.25 bits per heavy atom. The minimum absolute atomic E-state index is 0.0517. The first-order valence-electron chi connectivity index (χ1n) is 7.70. The third kappa shape index (κ3) is 5.85. The molecule has 0 aliphatic carbocycles. The lowest BCUT2D eigenvalue weighted by molar-refractivity contribution is -0.135. The lowest BCUT2D eigenvalue weighted by atomic mass is 10.1. The van der Waals surface area contributed by atoms with Gasteiger partial charge in [-0.3, -0.25) is 9.59 Å². The van der Waals surface area contributed by atoms with E-state index in [1.165, 1.54) is 17.2 Å². The van der Waals surface area contributed by atoms with Crippen molar-refractivity contribution in [1.82, 2.24) is 10.1 Å². The molecule has 1 heterocycles. The predicted octanol–water partition coefficient (Wildman–Crippen LogP) is 1.72. The number of carbonyl (C=O) groups excluding carboxylic acids is 2. The van der Waals surface area contributed by atoms with Crippen molar-refractivity contribution in [3.05, 3.63) is 48.2 Å².